The van der Waals surface area contributed by atoms with Crippen molar-refractivity contribution in [2.45, 2.75) is 19.4 Å². The normalized spacial score (nSPS) is 21.9. The van der Waals surface area contributed by atoms with Crippen LogP contribution in [0.5, 0.6) is 0 Å². The van der Waals surface area contributed by atoms with E-state index in [1.165, 1.54) is 0 Å². The minimum atomic E-state index is 0.300. The SMILES string of the molecule is Cc1cnc(Cl)nc1NC1CCN(C)C1. The second-order valence-electron chi connectivity index (χ2n) is 4.06. The molecule has 0 aliphatic carbocycles. The summed E-state index contributed by atoms with van der Waals surface area (Å²) in [5.41, 5.74) is 1.04. The number of aromatic nitrogens is 2. The van der Waals surface area contributed by atoms with E-state index in [-0.39, 0.29) is 0 Å². The quantitative estimate of drug-likeness (QED) is 0.777. The Hall–Kier alpha value is -0.870. The van der Waals surface area contributed by atoms with Crippen LogP contribution in [0.25, 0.3) is 0 Å². The third-order valence-corrected chi connectivity index (χ3v) is 2.86. The maximum atomic E-state index is 5.76. The number of likely N-dealkylation sites (tertiary alicyclic amines) is 1. The second-order valence-corrected chi connectivity index (χ2v) is 4.40. The summed E-state index contributed by atoms with van der Waals surface area (Å²) in [6.45, 7) is 4.17. The number of nitrogens with zero attached hydrogens (tertiary/aromatic N) is 3. The lowest BCUT2D eigenvalue weighted by molar-refractivity contribution is 0.414. The molecule has 0 radical (unpaired) electrons. The van der Waals surface area contributed by atoms with Crippen molar-refractivity contribution in [2.24, 2.45) is 0 Å². The van der Waals surface area contributed by atoms with Crippen LogP contribution in [0.3, 0.4) is 0 Å². The maximum absolute atomic E-state index is 5.76. The Morgan fingerprint density at radius 1 is 1.60 bits per heavy atom. The molecule has 1 aliphatic rings. The van der Waals surface area contributed by atoms with Gasteiger partial charge >= 0.3 is 0 Å². The molecule has 0 spiro atoms. The Bertz CT molecular complexity index is 355. The highest BCUT2D eigenvalue weighted by Gasteiger charge is 2.20. The van der Waals surface area contributed by atoms with Crippen molar-refractivity contribution >= 4 is 17.4 Å². The van der Waals surface area contributed by atoms with E-state index in [9.17, 15) is 0 Å². The van der Waals surface area contributed by atoms with Crippen LogP contribution in [-0.2, 0) is 0 Å². The van der Waals surface area contributed by atoms with Gasteiger partial charge in [-0.2, -0.15) is 0 Å². The van der Waals surface area contributed by atoms with Crippen molar-refractivity contribution in [1.82, 2.24) is 14.9 Å². The molecule has 2 heterocycles. The predicted molar refractivity (Wildman–Crippen MR) is 61.3 cm³/mol. The number of hydrogen-bond acceptors (Lipinski definition) is 4. The molecule has 1 aromatic rings. The number of likely N-dealkylation sites (N-methyl/N-ethyl adjacent to an activating group) is 1. The minimum Gasteiger partial charge on any atom is -0.366 e. The number of halogens is 1. The molecule has 1 fully saturated rings. The van der Waals surface area contributed by atoms with E-state index in [1.807, 2.05) is 6.92 Å². The summed E-state index contributed by atoms with van der Waals surface area (Å²) in [4.78, 5) is 10.4. The summed E-state index contributed by atoms with van der Waals surface area (Å²) in [6.07, 6.45) is 2.90. The summed E-state index contributed by atoms with van der Waals surface area (Å²) in [5, 5.41) is 3.70. The molecule has 4 nitrogen and oxygen atoms in total. The van der Waals surface area contributed by atoms with E-state index >= 15 is 0 Å². The summed E-state index contributed by atoms with van der Waals surface area (Å²) in [7, 11) is 2.13. The van der Waals surface area contributed by atoms with Gasteiger partial charge in [-0.05, 0) is 38.5 Å². The average molecular weight is 227 g/mol. The molecule has 1 aromatic heterocycles. The Kier molecular flexibility index (Phi) is 3.07. The molecule has 15 heavy (non-hydrogen) atoms. The van der Waals surface area contributed by atoms with Crippen molar-refractivity contribution < 1.29 is 0 Å². The molecular formula is C10H15ClN4. The van der Waals surface area contributed by atoms with E-state index in [2.05, 4.69) is 27.2 Å². The molecule has 0 saturated carbocycles. The van der Waals surface area contributed by atoms with Crippen molar-refractivity contribution in [3.63, 3.8) is 0 Å². The van der Waals surface area contributed by atoms with Gasteiger partial charge in [-0.25, -0.2) is 9.97 Å². The van der Waals surface area contributed by atoms with Crippen LogP contribution in [0.2, 0.25) is 5.28 Å². The molecule has 0 bridgehead atoms. The first-order valence-electron chi connectivity index (χ1n) is 5.09. The van der Waals surface area contributed by atoms with Gasteiger partial charge in [0.25, 0.3) is 0 Å². The minimum absolute atomic E-state index is 0.300. The fourth-order valence-corrected chi connectivity index (χ4v) is 1.95. The van der Waals surface area contributed by atoms with Gasteiger partial charge in [-0.15, -0.1) is 0 Å². The Balaban J connectivity index is 2.07. The Morgan fingerprint density at radius 2 is 2.40 bits per heavy atom. The van der Waals surface area contributed by atoms with Crippen LogP contribution in [0.4, 0.5) is 5.82 Å². The molecule has 1 atom stereocenters. The van der Waals surface area contributed by atoms with E-state index in [0.29, 0.717) is 11.3 Å². The lowest BCUT2D eigenvalue weighted by Gasteiger charge is -2.14. The highest BCUT2D eigenvalue weighted by Crippen LogP contribution is 2.17. The number of aryl methyl sites for hydroxylation is 1. The highest BCUT2D eigenvalue weighted by molar-refractivity contribution is 6.28. The van der Waals surface area contributed by atoms with Gasteiger partial charge in [0.05, 0.1) is 0 Å². The lowest BCUT2D eigenvalue weighted by atomic mass is 10.2. The topological polar surface area (TPSA) is 41.1 Å². The van der Waals surface area contributed by atoms with Gasteiger partial charge in [-0.3, -0.25) is 0 Å². The van der Waals surface area contributed by atoms with E-state index in [1.54, 1.807) is 6.20 Å². The zero-order chi connectivity index (χ0) is 10.8. The largest absolute Gasteiger partial charge is 0.366 e. The van der Waals surface area contributed by atoms with Crippen LogP contribution in [-0.4, -0.2) is 41.0 Å². The Morgan fingerprint density at radius 3 is 3.07 bits per heavy atom. The maximum Gasteiger partial charge on any atom is 0.224 e. The molecule has 0 aromatic carbocycles. The van der Waals surface area contributed by atoms with Gasteiger partial charge < -0.3 is 10.2 Å². The fraction of sp³-hybridized carbons (Fsp3) is 0.600. The Labute approximate surface area is 94.7 Å². The molecule has 1 aliphatic heterocycles. The van der Waals surface area contributed by atoms with Crippen molar-refractivity contribution in [3.8, 4) is 0 Å². The van der Waals surface area contributed by atoms with Crippen molar-refractivity contribution in [2.75, 3.05) is 25.5 Å². The van der Waals surface area contributed by atoms with E-state index in [4.69, 9.17) is 11.6 Å². The smallest absolute Gasteiger partial charge is 0.224 e. The van der Waals surface area contributed by atoms with Gasteiger partial charge in [0.2, 0.25) is 5.28 Å². The highest BCUT2D eigenvalue weighted by atomic mass is 35.5. The molecule has 1 unspecified atom stereocenters. The summed E-state index contributed by atoms with van der Waals surface area (Å²) < 4.78 is 0. The van der Waals surface area contributed by atoms with Gasteiger partial charge in [0.1, 0.15) is 5.82 Å². The summed E-state index contributed by atoms with van der Waals surface area (Å²) >= 11 is 5.76. The van der Waals surface area contributed by atoms with Gasteiger partial charge in [0, 0.05) is 24.3 Å². The van der Waals surface area contributed by atoms with Gasteiger partial charge in [0.15, 0.2) is 0 Å². The molecular weight excluding hydrogens is 212 g/mol. The lowest BCUT2D eigenvalue weighted by Crippen LogP contribution is -2.24. The molecule has 0 amide bonds. The van der Waals surface area contributed by atoms with Crippen LogP contribution in [0, 0.1) is 6.92 Å². The van der Waals surface area contributed by atoms with E-state index < -0.39 is 0 Å². The summed E-state index contributed by atoms with van der Waals surface area (Å²) in [5.74, 6) is 0.857. The number of rotatable bonds is 2. The van der Waals surface area contributed by atoms with Crippen LogP contribution in [0.15, 0.2) is 6.20 Å². The molecule has 5 heteroatoms. The molecule has 2 rings (SSSR count). The standard InChI is InChI=1S/C10H15ClN4/c1-7-5-12-10(11)14-9(7)13-8-3-4-15(2)6-8/h5,8H,3-4,6H2,1-2H3,(H,12,13,14). The number of nitrogens with one attached hydrogen (secondary N) is 1. The second kappa shape index (κ2) is 4.33. The molecule has 1 N–H and O–H groups in total. The monoisotopic (exact) mass is 226 g/mol. The predicted octanol–water partition coefficient (Wildman–Crippen LogP) is 1.55. The van der Waals surface area contributed by atoms with Crippen molar-refractivity contribution in [3.05, 3.63) is 17.0 Å². The zero-order valence-electron chi connectivity index (χ0n) is 9.00. The van der Waals surface area contributed by atoms with Crippen LogP contribution in [0.1, 0.15) is 12.0 Å². The molecule has 82 valence electrons. The number of anilines is 1. The average Bonchev–Trinajstić information content (AvgIpc) is 2.58. The molecule has 1 saturated heterocycles. The third kappa shape index (κ3) is 2.58. The third-order valence-electron chi connectivity index (χ3n) is 2.67. The number of hydrogen-bond donors (Lipinski definition) is 1. The first-order chi connectivity index (χ1) is 7.15. The van der Waals surface area contributed by atoms with E-state index in [0.717, 1.165) is 30.9 Å². The zero-order valence-corrected chi connectivity index (χ0v) is 9.75. The summed E-state index contributed by atoms with van der Waals surface area (Å²) in [6, 6.07) is 0.472. The van der Waals surface area contributed by atoms with Gasteiger partial charge in [-0.1, -0.05) is 0 Å². The van der Waals surface area contributed by atoms with Crippen LogP contribution < -0.4 is 5.32 Å². The first-order valence-corrected chi connectivity index (χ1v) is 5.47. The van der Waals surface area contributed by atoms with Crippen LogP contribution >= 0.6 is 11.6 Å². The fourth-order valence-electron chi connectivity index (χ4n) is 1.81. The first kappa shape index (κ1) is 10.6. The van der Waals surface area contributed by atoms with Crippen molar-refractivity contribution in [1.29, 1.82) is 0 Å².